The van der Waals surface area contributed by atoms with E-state index in [4.69, 9.17) is 32.0 Å². The van der Waals surface area contributed by atoms with E-state index >= 15 is 0 Å². The molecule has 0 radical (unpaired) electrons. The van der Waals surface area contributed by atoms with Crippen LogP contribution in [0.2, 0.25) is 10.0 Å². The lowest BCUT2D eigenvalue weighted by Crippen LogP contribution is -1.78. The van der Waals surface area contributed by atoms with Crippen LogP contribution >= 0.6 is 23.2 Å². The molecule has 0 saturated carbocycles. The third-order valence-corrected chi connectivity index (χ3v) is 5.02. The summed E-state index contributed by atoms with van der Waals surface area (Å²) in [6.07, 6.45) is 5.05. The second-order valence-electron chi connectivity index (χ2n) is 6.49. The third kappa shape index (κ3) is 3.73. The molecule has 7 heteroatoms. The first-order valence-corrected chi connectivity index (χ1v) is 9.82. The number of halogens is 2. The Kier molecular flexibility index (Phi) is 4.83. The summed E-state index contributed by atoms with van der Waals surface area (Å²) in [5.41, 5.74) is 3.75. The number of aliphatic imine (C=N–C) groups is 1. The molecule has 0 atom stereocenters. The lowest BCUT2D eigenvalue weighted by atomic mass is 10.2. The zero-order valence-corrected chi connectivity index (χ0v) is 16.9. The van der Waals surface area contributed by atoms with Gasteiger partial charge in [0.1, 0.15) is 17.0 Å². The minimum Gasteiger partial charge on any atom is -0.455 e. The molecule has 5 rings (SSSR count). The highest BCUT2D eigenvalue weighted by Gasteiger charge is 2.10. The SMILES string of the molecule is Clc1ccc(Cl)c(-c2ccc(C=Nc3ccc4oc(-c5ccncc5)nc4c3)o2)c1. The molecule has 5 aromatic rings. The van der Waals surface area contributed by atoms with Crippen LogP contribution in [0.1, 0.15) is 5.76 Å². The van der Waals surface area contributed by atoms with Gasteiger partial charge in [-0.15, -0.1) is 0 Å². The number of fused-ring (bicyclic) bond motifs is 1. The van der Waals surface area contributed by atoms with Gasteiger partial charge < -0.3 is 8.83 Å². The van der Waals surface area contributed by atoms with E-state index in [-0.39, 0.29) is 0 Å². The molecule has 30 heavy (non-hydrogen) atoms. The second kappa shape index (κ2) is 7.78. The average Bonchev–Trinajstić information content (AvgIpc) is 3.41. The standard InChI is InChI=1S/C23H13Cl2N3O2/c24-15-1-4-19(25)18(11-15)21-6-3-17(29-21)13-27-16-2-5-22-20(12-16)28-23(30-22)14-7-9-26-10-8-14/h1-13H. The minimum atomic E-state index is 0.544. The zero-order chi connectivity index (χ0) is 20.5. The van der Waals surface area contributed by atoms with E-state index in [9.17, 15) is 0 Å². The van der Waals surface area contributed by atoms with Gasteiger partial charge in [0, 0.05) is 28.5 Å². The number of rotatable bonds is 4. The molecule has 3 heterocycles. The van der Waals surface area contributed by atoms with Crippen molar-refractivity contribution in [3.63, 3.8) is 0 Å². The van der Waals surface area contributed by atoms with Crippen LogP contribution in [0, 0.1) is 0 Å². The van der Waals surface area contributed by atoms with E-state index in [2.05, 4.69) is 15.0 Å². The first kappa shape index (κ1) is 18.6. The summed E-state index contributed by atoms with van der Waals surface area (Å²) in [6.45, 7) is 0. The Morgan fingerprint density at radius 1 is 0.867 bits per heavy atom. The molecule has 2 aromatic carbocycles. The molecule has 0 amide bonds. The van der Waals surface area contributed by atoms with Crippen LogP contribution in [0.4, 0.5) is 5.69 Å². The number of furan rings is 1. The van der Waals surface area contributed by atoms with Crippen LogP contribution in [-0.2, 0) is 0 Å². The average molecular weight is 434 g/mol. The van der Waals surface area contributed by atoms with E-state index in [1.165, 1.54) is 0 Å². The summed E-state index contributed by atoms with van der Waals surface area (Å²) >= 11 is 12.3. The highest BCUT2D eigenvalue weighted by Crippen LogP contribution is 2.32. The predicted octanol–water partition coefficient (Wildman–Crippen LogP) is 7.21. The maximum Gasteiger partial charge on any atom is 0.227 e. The fourth-order valence-electron chi connectivity index (χ4n) is 3.01. The van der Waals surface area contributed by atoms with Gasteiger partial charge in [0.2, 0.25) is 5.89 Å². The lowest BCUT2D eigenvalue weighted by Gasteiger charge is -2.00. The monoisotopic (exact) mass is 433 g/mol. The summed E-state index contributed by atoms with van der Waals surface area (Å²) in [5.74, 6) is 1.76. The maximum atomic E-state index is 6.24. The largest absolute Gasteiger partial charge is 0.455 e. The molecule has 0 aliphatic rings. The van der Waals surface area contributed by atoms with Crippen LogP contribution in [0.5, 0.6) is 0 Å². The number of oxazole rings is 1. The van der Waals surface area contributed by atoms with Crippen molar-refractivity contribution in [1.29, 1.82) is 0 Å². The van der Waals surface area contributed by atoms with Gasteiger partial charge >= 0.3 is 0 Å². The van der Waals surface area contributed by atoms with Crippen LogP contribution in [0.3, 0.4) is 0 Å². The number of hydrogen-bond acceptors (Lipinski definition) is 5. The van der Waals surface area contributed by atoms with Gasteiger partial charge in [0.05, 0.1) is 16.9 Å². The molecule has 0 saturated heterocycles. The maximum absolute atomic E-state index is 6.24. The van der Waals surface area contributed by atoms with Crippen molar-refractivity contribution in [3.8, 4) is 22.8 Å². The molecule has 0 fully saturated rings. The second-order valence-corrected chi connectivity index (χ2v) is 7.33. The van der Waals surface area contributed by atoms with Crippen molar-refractivity contribution in [2.45, 2.75) is 0 Å². The van der Waals surface area contributed by atoms with Crippen molar-refractivity contribution >= 4 is 46.2 Å². The normalized spacial score (nSPS) is 11.5. The van der Waals surface area contributed by atoms with Crippen molar-refractivity contribution in [2.24, 2.45) is 4.99 Å². The first-order chi connectivity index (χ1) is 14.7. The van der Waals surface area contributed by atoms with Gasteiger partial charge in [-0.1, -0.05) is 23.2 Å². The Balaban J connectivity index is 1.40. The lowest BCUT2D eigenvalue weighted by molar-refractivity contribution is 0.575. The van der Waals surface area contributed by atoms with Gasteiger partial charge in [-0.05, 0) is 60.7 Å². The van der Waals surface area contributed by atoms with E-state index in [0.717, 1.165) is 22.3 Å². The zero-order valence-electron chi connectivity index (χ0n) is 15.4. The Morgan fingerprint density at radius 2 is 1.73 bits per heavy atom. The van der Waals surface area contributed by atoms with E-state index in [1.54, 1.807) is 36.8 Å². The van der Waals surface area contributed by atoms with E-state index in [1.807, 2.05) is 42.5 Å². The van der Waals surface area contributed by atoms with Gasteiger partial charge in [0.25, 0.3) is 0 Å². The molecular formula is C23H13Cl2N3O2. The van der Waals surface area contributed by atoms with Crippen LogP contribution in [0.25, 0.3) is 33.9 Å². The molecule has 5 nitrogen and oxygen atoms in total. The van der Waals surface area contributed by atoms with E-state index < -0.39 is 0 Å². The van der Waals surface area contributed by atoms with Crippen molar-refractivity contribution in [3.05, 3.63) is 88.9 Å². The Labute approximate surface area is 181 Å². The molecule has 146 valence electrons. The summed E-state index contributed by atoms with van der Waals surface area (Å²) in [5, 5.41) is 1.16. The van der Waals surface area contributed by atoms with Gasteiger partial charge in [-0.2, -0.15) is 0 Å². The van der Waals surface area contributed by atoms with Gasteiger partial charge in [-0.3, -0.25) is 9.98 Å². The van der Waals surface area contributed by atoms with Gasteiger partial charge in [0.15, 0.2) is 5.58 Å². The van der Waals surface area contributed by atoms with Crippen LogP contribution in [-0.4, -0.2) is 16.2 Å². The van der Waals surface area contributed by atoms with Crippen molar-refractivity contribution in [2.75, 3.05) is 0 Å². The Bertz CT molecular complexity index is 1370. The fourth-order valence-corrected chi connectivity index (χ4v) is 3.39. The van der Waals surface area contributed by atoms with Crippen LogP contribution in [0.15, 0.2) is 86.9 Å². The summed E-state index contributed by atoms with van der Waals surface area (Å²) in [4.78, 5) is 13.0. The van der Waals surface area contributed by atoms with Crippen LogP contribution < -0.4 is 0 Å². The Hall–Kier alpha value is -3.41. The minimum absolute atomic E-state index is 0.544. The molecule has 0 aliphatic carbocycles. The number of nitrogens with zero attached hydrogens (tertiary/aromatic N) is 3. The first-order valence-electron chi connectivity index (χ1n) is 9.06. The molecule has 3 aromatic heterocycles. The topological polar surface area (TPSA) is 64.4 Å². The molecule has 0 spiro atoms. The molecule has 0 unspecified atom stereocenters. The third-order valence-electron chi connectivity index (χ3n) is 4.46. The summed E-state index contributed by atoms with van der Waals surface area (Å²) < 4.78 is 11.7. The molecule has 0 bridgehead atoms. The predicted molar refractivity (Wildman–Crippen MR) is 119 cm³/mol. The summed E-state index contributed by atoms with van der Waals surface area (Å²) in [7, 11) is 0. The number of aromatic nitrogens is 2. The smallest absolute Gasteiger partial charge is 0.227 e. The number of benzene rings is 2. The highest BCUT2D eigenvalue weighted by molar-refractivity contribution is 6.35. The van der Waals surface area contributed by atoms with Crippen molar-refractivity contribution < 1.29 is 8.83 Å². The van der Waals surface area contributed by atoms with Gasteiger partial charge in [-0.25, -0.2) is 4.98 Å². The molecular weight excluding hydrogens is 421 g/mol. The number of pyridine rings is 1. The van der Waals surface area contributed by atoms with E-state index in [0.29, 0.717) is 33.0 Å². The van der Waals surface area contributed by atoms with Crippen molar-refractivity contribution in [1.82, 2.24) is 9.97 Å². The quantitative estimate of drug-likeness (QED) is 0.281. The fraction of sp³-hybridized carbons (Fsp3) is 0. The molecule has 0 aliphatic heterocycles. The molecule has 0 N–H and O–H groups in total. The Morgan fingerprint density at radius 3 is 2.60 bits per heavy atom. The summed E-state index contributed by atoms with van der Waals surface area (Å²) in [6, 6.07) is 18.2. The highest BCUT2D eigenvalue weighted by atomic mass is 35.5. The number of hydrogen-bond donors (Lipinski definition) is 0.